The number of aliphatic hydroxyl groups excluding tert-OH is 1. The summed E-state index contributed by atoms with van der Waals surface area (Å²) in [6, 6.07) is 10.0. The van der Waals surface area contributed by atoms with Crippen molar-refractivity contribution < 1.29 is 5.11 Å². The smallest absolute Gasteiger partial charge is 0.0830 e. The van der Waals surface area contributed by atoms with Gasteiger partial charge in [-0.2, -0.15) is 0 Å². The molecule has 1 N–H and O–H groups in total. The van der Waals surface area contributed by atoms with Crippen LogP contribution in [-0.2, 0) is 0 Å². The molecule has 0 aliphatic rings. The van der Waals surface area contributed by atoms with Crippen molar-refractivity contribution in [1.82, 2.24) is 4.98 Å². The summed E-state index contributed by atoms with van der Waals surface area (Å²) >= 11 is 0. The third kappa shape index (κ3) is 2.64. The predicted octanol–water partition coefficient (Wildman–Crippen LogP) is 3.70. The van der Waals surface area contributed by atoms with Crippen molar-refractivity contribution in [2.75, 3.05) is 0 Å². The van der Waals surface area contributed by atoms with E-state index >= 15 is 0 Å². The number of hydrogen-bond donors (Lipinski definition) is 1. The number of para-hydroxylation sites is 1. The third-order valence-electron chi connectivity index (χ3n) is 3.24. The molecular weight excluding hydrogens is 210 g/mol. The van der Waals surface area contributed by atoms with E-state index in [9.17, 15) is 5.11 Å². The minimum atomic E-state index is -0.410. The predicted molar refractivity (Wildman–Crippen MR) is 70.8 cm³/mol. The minimum Gasteiger partial charge on any atom is -0.388 e. The van der Waals surface area contributed by atoms with E-state index in [1.54, 1.807) is 6.20 Å². The highest BCUT2D eigenvalue weighted by Crippen LogP contribution is 2.26. The lowest BCUT2D eigenvalue weighted by atomic mass is 9.94. The summed E-state index contributed by atoms with van der Waals surface area (Å²) in [4.78, 5) is 4.38. The molecule has 2 atom stereocenters. The number of fused-ring (bicyclic) bond motifs is 1. The van der Waals surface area contributed by atoms with Crippen molar-refractivity contribution in [2.24, 2.45) is 5.92 Å². The molecule has 0 spiro atoms. The summed E-state index contributed by atoms with van der Waals surface area (Å²) in [6.45, 7) is 4.23. The van der Waals surface area contributed by atoms with Gasteiger partial charge in [-0.1, -0.05) is 38.5 Å². The molecule has 0 bridgehead atoms. The van der Waals surface area contributed by atoms with Crippen LogP contribution in [0.1, 0.15) is 38.4 Å². The fourth-order valence-electron chi connectivity index (χ4n) is 2.19. The van der Waals surface area contributed by atoms with E-state index < -0.39 is 6.10 Å². The first-order chi connectivity index (χ1) is 8.22. The minimum absolute atomic E-state index is 0.281. The van der Waals surface area contributed by atoms with Crippen LogP contribution >= 0.6 is 0 Å². The molecule has 0 fully saturated rings. The zero-order valence-electron chi connectivity index (χ0n) is 10.4. The number of rotatable bonds is 4. The topological polar surface area (TPSA) is 33.1 Å². The van der Waals surface area contributed by atoms with Gasteiger partial charge in [-0.25, -0.2) is 0 Å². The molecule has 1 aromatic carbocycles. The monoisotopic (exact) mass is 229 g/mol. The van der Waals surface area contributed by atoms with Crippen LogP contribution in [0.15, 0.2) is 36.5 Å². The quantitative estimate of drug-likeness (QED) is 0.867. The highest BCUT2D eigenvalue weighted by molar-refractivity contribution is 5.78. The van der Waals surface area contributed by atoms with Gasteiger partial charge in [0.15, 0.2) is 0 Å². The van der Waals surface area contributed by atoms with Crippen molar-refractivity contribution in [2.45, 2.75) is 32.8 Å². The maximum atomic E-state index is 10.2. The first kappa shape index (κ1) is 12.1. The van der Waals surface area contributed by atoms with Gasteiger partial charge in [-0.15, -0.1) is 0 Å². The molecular formula is C15H19NO. The molecule has 1 aromatic heterocycles. The van der Waals surface area contributed by atoms with Gasteiger partial charge >= 0.3 is 0 Å². The second kappa shape index (κ2) is 5.28. The molecule has 2 heteroatoms. The third-order valence-corrected chi connectivity index (χ3v) is 3.24. The van der Waals surface area contributed by atoms with Gasteiger partial charge < -0.3 is 5.11 Å². The first-order valence-electron chi connectivity index (χ1n) is 6.25. The Bertz CT molecular complexity index is 495. The Labute approximate surface area is 102 Å². The molecule has 0 amide bonds. The van der Waals surface area contributed by atoms with Crippen molar-refractivity contribution in [3.05, 3.63) is 42.1 Å². The molecule has 1 heterocycles. The number of hydrogen-bond acceptors (Lipinski definition) is 2. The van der Waals surface area contributed by atoms with E-state index in [0.29, 0.717) is 0 Å². The van der Waals surface area contributed by atoms with Gasteiger partial charge in [0, 0.05) is 11.6 Å². The number of benzene rings is 1. The Morgan fingerprint density at radius 2 is 2.06 bits per heavy atom. The molecule has 2 aromatic rings. The zero-order valence-corrected chi connectivity index (χ0v) is 10.4. The van der Waals surface area contributed by atoms with E-state index in [2.05, 4.69) is 18.8 Å². The molecule has 0 saturated heterocycles. The van der Waals surface area contributed by atoms with E-state index in [4.69, 9.17) is 0 Å². The van der Waals surface area contributed by atoms with Crippen molar-refractivity contribution in [3.63, 3.8) is 0 Å². The van der Waals surface area contributed by atoms with E-state index in [-0.39, 0.29) is 5.92 Å². The van der Waals surface area contributed by atoms with Gasteiger partial charge in [0.1, 0.15) is 0 Å². The lowest BCUT2D eigenvalue weighted by Gasteiger charge is -2.18. The Morgan fingerprint density at radius 1 is 1.29 bits per heavy atom. The van der Waals surface area contributed by atoms with E-state index in [0.717, 1.165) is 29.3 Å². The summed E-state index contributed by atoms with van der Waals surface area (Å²) in [5.74, 6) is 0.281. The number of aliphatic hydroxyl groups is 1. The highest BCUT2D eigenvalue weighted by atomic mass is 16.3. The average molecular weight is 229 g/mol. The number of nitrogens with zero attached hydrogens (tertiary/aromatic N) is 1. The normalized spacial score (nSPS) is 14.8. The van der Waals surface area contributed by atoms with Crippen LogP contribution < -0.4 is 0 Å². The Balaban J connectivity index is 2.29. The summed E-state index contributed by atoms with van der Waals surface area (Å²) in [6.07, 6.45) is 3.51. The van der Waals surface area contributed by atoms with Crippen LogP contribution in [0.25, 0.3) is 10.9 Å². The lowest BCUT2D eigenvalue weighted by Crippen LogP contribution is -2.09. The van der Waals surface area contributed by atoms with E-state index in [1.165, 1.54) is 0 Å². The maximum Gasteiger partial charge on any atom is 0.0830 e. The molecule has 0 aliphatic carbocycles. The highest BCUT2D eigenvalue weighted by Gasteiger charge is 2.16. The van der Waals surface area contributed by atoms with Crippen LogP contribution in [0.5, 0.6) is 0 Å². The fraction of sp³-hybridized carbons (Fsp3) is 0.400. The molecule has 2 rings (SSSR count). The summed E-state index contributed by atoms with van der Waals surface area (Å²) in [5.41, 5.74) is 1.90. The maximum absolute atomic E-state index is 10.2. The van der Waals surface area contributed by atoms with Crippen LogP contribution in [0.2, 0.25) is 0 Å². The standard InChI is InChI=1S/C15H19NO/c1-3-6-11(2)15(17)13-9-12-7-4-5-8-14(12)16-10-13/h4-5,7-11,15,17H,3,6H2,1-2H3. The molecule has 0 radical (unpaired) electrons. The molecule has 0 aliphatic heterocycles. The molecule has 17 heavy (non-hydrogen) atoms. The van der Waals surface area contributed by atoms with Gasteiger partial charge in [-0.05, 0) is 30.0 Å². The number of aromatic nitrogens is 1. The first-order valence-corrected chi connectivity index (χ1v) is 6.25. The van der Waals surface area contributed by atoms with Crippen molar-refractivity contribution >= 4 is 10.9 Å². The zero-order chi connectivity index (χ0) is 12.3. The van der Waals surface area contributed by atoms with Crippen LogP contribution in [0.3, 0.4) is 0 Å². The molecule has 90 valence electrons. The summed E-state index contributed by atoms with van der Waals surface area (Å²) < 4.78 is 0. The van der Waals surface area contributed by atoms with Crippen LogP contribution in [0, 0.1) is 5.92 Å². The van der Waals surface area contributed by atoms with Crippen LogP contribution in [0.4, 0.5) is 0 Å². The SMILES string of the molecule is CCCC(C)C(O)c1cnc2ccccc2c1. The second-order valence-corrected chi connectivity index (χ2v) is 4.67. The Kier molecular flexibility index (Phi) is 3.75. The lowest BCUT2D eigenvalue weighted by molar-refractivity contribution is 0.112. The Hall–Kier alpha value is -1.41. The fourth-order valence-corrected chi connectivity index (χ4v) is 2.19. The van der Waals surface area contributed by atoms with Gasteiger partial charge in [0.25, 0.3) is 0 Å². The molecule has 2 nitrogen and oxygen atoms in total. The molecule has 2 unspecified atom stereocenters. The van der Waals surface area contributed by atoms with Gasteiger partial charge in [0.2, 0.25) is 0 Å². The van der Waals surface area contributed by atoms with Crippen LogP contribution in [-0.4, -0.2) is 10.1 Å². The van der Waals surface area contributed by atoms with Crippen molar-refractivity contribution in [1.29, 1.82) is 0 Å². The number of pyridine rings is 1. The average Bonchev–Trinajstić information content (AvgIpc) is 2.37. The Morgan fingerprint density at radius 3 is 2.82 bits per heavy atom. The summed E-state index contributed by atoms with van der Waals surface area (Å²) in [5, 5.41) is 11.3. The van der Waals surface area contributed by atoms with Crippen molar-refractivity contribution in [3.8, 4) is 0 Å². The van der Waals surface area contributed by atoms with E-state index in [1.807, 2.05) is 30.3 Å². The molecule has 0 saturated carbocycles. The van der Waals surface area contributed by atoms with Gasteiger partial charge in [0.05, 0.1) is 11.6 Å². The van der Waals surface area contributed by atoms with Gasteiger partial charge in [-0.3, -0.25) is 4.98 Å². The summed E-state index contributed by atoms with van der Waals surface area (Å²) in [7, 11) is 0. The largest absolute Gasteiger partial charge is 0.388 e. The second-order valence-electron chi connectivity index (χ2n) is 4.67.